The largest absolute Gasteiger partial charge is 0.311 e. The molecule has 0 saturated carbocycles. The van der Waals surface area contributed by atoms with Gasteiger partial charge in [-0.1, -0.05) is 24.6 Å². The molecule has 0 N–H and O–H groups in total. The van der Waals surface area contributed by atoms with Crippen LogP contribution in [-0.2, 0) is 4.79 Å². The highest BCUT2D eigenvalue weighted by molar-refractivity contribution is 5.93. The molecular weight excluding hydrogens is 212 g/mol. The van der Waals surface area contributed by atoms with Crippen molar-refractivity contribution in [3.63, 3.8) is 0 Å². The van der Waals surface area contributed by atoms with Gasteiger partial charge in [-0.25, -0.2) is 0 Å². The predicted molar refractivity (Wildman–Crippen MR) is 68.7 cm³/mol. The molecule has 0 unspecified atom stereocenters. The fourth-order valence-corrected chi connectivity index (χ4v) is 1.63. The van der Waals surface area contributed by atoms with Crippen LogP contribution in [0.4, 0.5) is 5.69 Å². The molecule has 0 aromatic heterocycles. The van der Waals surface area contributed by atoms with Crippen LogP contribution in [0.1, 0.15) is 31.7 Å². The molecular formula is C14H18N2O. The van der Waals surface area contributed by atoms with E-state index in [2.05, 4.69) is 6.07 Å². The molecule has 1 amide bonds. The second-order valence-electron chi connectivity index (χ2n) is 4.04. The van der Waals surface area contributed by atoms with Gasteiger partial charge in [0.05, 0.1) is 12.5 Å². The molecule has 0 radical (unpaired) electrons. The van der Waals surface area contributed by atoms with Gasteiger partial charge in [0.2, 0.25) is 5.91 Å². The summed E-state index contributed by atoms with van der Waals surface area (Å²) in [7, 11) is 0. The second-order valence-corrected chi connectivity index (χ2v) is 4.04. The summed E-state index contributed by atoms with van der Waals surface area (Å²) in [6.45, 7) is 4.46. The zero-order chi connectivity index (χ0) is 12.7. The summed E-state index contributed by atoms with van der Waals surface area (Å²) in [6.07, 6.45) is 1.72. The van der Waals surface area contributed by atoms with E-state index in [1.165, 1.54) is 0 Å². The minimum absolute atomic E-state index is 0.0894. The second kappa shape index (κ2) is 6.70. The van der Waals surface area contributed by atoms with E-state index in [0.717, 1.165) is 17.7 Å². The molecule has 90 valence electrons. The number of carbonyl (C=O) groups excluding carboxylic acids is 1. The first-order chi connectivity index (χ1) is 8.19. The molecule has 0 atom stereocenters. The zero-order valence-electron chi connectivity index (χ0n) is 10.4. The molecule has 3 nitrogen and oxygen atoms in total. The first-order valence-electron chi connectivity index (χ1n) is 5.93. The third-order valence-corrected chi connectivity index (χ3v) is 2.56. The number of aryl methyl sites for hydroxylation is 1. The first kappa shape index (κ1) is 13.2. The third-order valence-electron chi connectivity index (χ3n) is 2.56. The number of hydrogen-bond acceptors (Lipinski definition) is 2. The fraction of sp³-hybridized carbons (Fsp3) is 0.429. The van der Waals surface area contributed by atoms with Gasteiger partial charge in [-0.3, -0.25) is 4.79 Å². The molecule has 17 heavy (non-hydrogen) atoms. The van der Waals surface area contributed by atoms with Crippen LogP contribution in [0.25, 0.3) is 0 Å². The van der Waals surface area contributed by atoms with Crippen LogP contribution < -0.4 is 4.90 Å². The number of amides is 1. The predicted octanol–water partition coefficient (Wildman–Crippen LogP) is 3.04. The highest BCUT2D eigenvalue weighted by Crippen LogP contribution is 2.17. The van der Waals surface area contributed by atoms with E-state index < -0.39 is 0 Å². The van der Waals surface area contributed by atoms with Gasteiger partial charge in [0.15, 0.2) is 0 Å². The van der Waals surface area contributed by atoms with Crippen molar-refractivity contribution in [1.82, 2.24) is 0 Å². The van der Waals surface area contributed by atoms with Crippen molar-refractivity contribution in [2.45, 2.75) is 33.1 Å². The van der Waals surface area contributed by atoms with Crippen LogP contribution in [0, 0.1) is 18.3 Å². The van der Waals surface area contributed by atoms with E-state index in [-0.39, 0.29) is 5.91 Å². The molecule has 1 aromatic rings. The standard InChI is InChI=1S/C14H18N2O/c1-3-5-14(17)16(11-4-10-15)13-8-6-12(2)7-9-13/h6-9H,3-5,11H2,1-2H3. The Kier molecular flexibility index (Phi) is 5.22. The summed E-state index contributed by atoms with van der Waals surface area (Å²) in [5.41, 5.74) is 2.04. The Morgan fingerprint density at radius 2 is 2.00 bits per heavy atom. The van der Waals surface area contributed by atoms with Crippen molar-refractivity contribution in [1.29, 1.82) is 5.26 Å². The normalized spacial score (nSPS) is 9.71. The monoisotopic (exact) mass is 230 g/mol. The highest BCUT2D eigenvalue weighted by atomic mass is 16.2. The van der Waals surface area contributed by atoms with Gasteiger partial charge in [-0.2, -0.15) is 5.26 Å². The molecule has 3 heteroatoms. The van der Waals surface area contributed by atoms with E-state index in [1.807, 2.05) is 38.1 Å². The SMILES string of the molecule is CCCC(=O)N(CCC#N)c1ccc(C)cc1. The Hall–Kier alpha value is -1.82. The van der Waals surface area contributed by atoms with Crippen molar-refractivity contribution < 1.29 is 4.79 Å². The number of benzene rings is 1. The lowest BCUT2D eigenvalue weighted by molar-refractivity contribution is -0.118. The summed E-state index contributed by atoms with van der Waals surface area (Å²) < 4.78 is 0. The minimum atomic E-state index is 0.0894. The average molecular weight is 230 g/mol. The lowest BCUT2D eigenvalue weighted by Gasteiger charge is -2.21. The summed E-state index contributed by atoms with van der Waals surface area (Å²) in [5, 5.41) is 8.63. The van der Waals surface area contributed by atoms with Gasteiger partial charge in [0.25, 0.3) is 0 Å². The molecule has 0 fully saturated rings. The van der Waals surface area contributed by atoms with Crippen LogP contribution in [0.2, 0.25) is 0 Å². The van der Waals surface area contributed by atoms with Crippen LogP contribution >= 0.6 is 0 Å². The van der Waals surface area contributed by atoms with Crippen molar-refractivity contribution in [2.75, 3.05) is 11.4 Å². The molecule has 0 aliphatic rings. The summed E-state index contributed by atoms with van der Waals surface area (Å²) in [6, 6.07) is 9.90. The van der Waals surface area contributed by atoms with Crippen molar-refractivity contribution in [3.8, 4) is 6.07 Å². The molecule has 0 saturated heterocycles. The number of rotatable bonds is 5. The van der Waals surface area contributed by atoms with E-state index in [0.29, 0.717) is 19.4 Å². The van der Waals surface area contributed by atoms with E-state index in [4.69, 9.17) is 5.26 Å². The van der Waals surface area contributed by atoms with E-state index in [9.17, 15) is 4.79 Å². The third kappa shape index (κ3) is 3.92. The Morgan fingerprint density at radius 3 is 2.53 bits per heavy atom. The molecule has 1 aromatic carbocycles. The molecule has 1 rings (SSSR count). The topological polar surface area (TPSA) is 44.1 Å². The first-order valence-corrected chi connectivity index (χ1v) is 5.93. The maximum absolute atomic E-state index is 12.0. The molecule has 0 spiro atoms. The van der Waals surface area contributed by atoms with Gasteiger partial charge in [0, 0.05) is 18.7 Å². The quantitative estimate of drug-likeness (QED) is 0.780. The maximum Gasteiger partial charge on any atom is 0.226 e. The Balaban J connectivity index is 2.85. The van der Waals surface area contributed by atoms with Gasteiger partial charge in [0.1, 0.15) is 0 Å². The van der Waals surface area contributed by atoms with Crippen LogP contribution in [0.5, 0.6) is 0 Å². The Bertz CT molecular complexity index is 403. The van der Waals surface area contributed by atoms with Crippen molar-refractivity contribution in [3.05, 3.63) is 29.8 Å². The van der Waals surface area contributed by atoms with Crippen LogP contribution in [-0.4, -0.2) is 12.5 Å². The van der Waals surface area contributed by atoms with Crippen molar-refractivity contribution >= 4 is 11.6 Å². The van der Waals surface area contributed by atoms with Gasteiger partial charge in [-0.05, 0) is 25.5 Å². The molecule has 0 aliphatic heterocycles. The lowest BCUT2D eigenvalue weighted by atomic mass is 10.2. The molecule has 0 heterocycles. The zero-order valence-corrected chi connectivity index (χ0v) is 10.4. The molecule has 0 bridgehead atoms. The van der Waals surface area contributed by atoms with E-state index >= 15 is 0 Å². The highest BCUT2D eigenvalue weighted by Gasteiger charge is 2.13. The number of carbonyl (C=O) groups is 1. The number of nitriles is 1. The fourth-order valence-electron chi connectivity index (χ4n) is 1.63. The number of hydrogen-bond donors (Lipinski definition) is 0. The van der Waals surface area contributed by atoms with Gasteiger partial charge < -0.3 is 4.90 Å². The Morgan fingerprint density at radius 1 is 1.35 bits per heavy atom. The summed E-state index contributed by atoms with van der Waals surface area (Å²) in [4.78, 5) is 13.7. The van der Waals surface area contributed by atoms with Crippen molar-refractivity contribution in [2.24, 2.45) is 0 Å². The smallest absolute Gasteiger partial charge is 0.226 e. The van der Waals surface area contributed by atoms with Crippen LogP contribution in [0.3, 0.4) is 0 Å². The van der Waals surface area contributed by atoms with Gasteiger partial charge >= 0.3 is 0 Å². The van der Waals surface area contributed by atoms with Crippen LogP contribution in [0.15, 0.2) is 24.3 Å². The molecule has 0 aliphatic carbocycles. The maximum atomic E-state index is 12.0. The summed E-state index contributed by atoms with van der Waals surface area (Å²) in [5.74, 6) is 0.0894. The van der Waals surface area contributed by atoms with Gasteiger partial charge in [-0.15, -0.1) is 0 Å². The van der Waals surface area contributed by atoms with E-state index in [1.54, 1.807) is 4.90 Å². The summed E-state index contributed by atoms with van der Waals surface area (Å²) >= 11 is 0. The average Bonchev–Trinajstić information content (AvgIpc) is 2.32. The number of nitrogens with zero attached hydrogens (tertiary/aromatic N) is 2. The lowest BCUT2D eigenvalue weighted by Crippen LogP contribution is -2.31. The Labute approximate surface area is 103 Å². The number of anilines is 1. The minimum Gasteiger partial charge on any atom is -0.311 e.